The first-order chi connectivity index (χ1) is 9.16. The molecule has 0 atom stereocenters. The van der Waals surface area contributed by atoms with Crippen LogP contribution in [0.3, 0.4) is 0 Å². The molecule has 1 aliphatic heterocycles. The largest absolute Gasteiger partial charge is 0.493 e. The van der Waals surface area contributed by atoms with Crippen molar-refractivity contribution in [2.24, 2.45) is 0 Å². The minimum atomic E-state index is -5.29. The van der Waals surface area contributed by atoms with E-state index >= 15 is 0 Å². The third kappa shape index (κ3) is 1.72. The molecule has 110 valence electrons. The summed E-state index contributed by atoms with van der Waals surface area (Å²) < 4.78 is 80.8. The number of Topliss-reactive ketones (excluding diaryl/α,β-unsaturated/α-hetero) is 1. The Labute approximate surface area is 111 Å². The first-order valence-electron chi connectivity index (χ1n) is 5.41. The van der Waals surface area contributed by atoms with Crippen LogP contribution in [0, 0.1) is 0 Å². The Morgan fingerprint density at radius 2 is 1.90 bits per heavy atom. The number of carbonyl (C=O) groups excluding carboxylic acids is 1. The van der Waals surface area contributed by atoms with Crippen LogP contribution in [-0.4, -0.2) is 26.1 Å². The van der Waals surface area contributed by atoms with Gasteiger partial charge in [-0.3, -0.25) is 4.79 Å². The van der Waals surface area contributed by atoms with E-state index in [1.807, 2.05) is 0 Å². The molecule has 0 radical (unpaired) electrons. The van der Waals surface area contributed by atoms with E-state index in [1.165, 1.54) is 6.92 Å². The molecule has 0 aromatic heterocycles. The highest BCUT2D eigenvalue weighted by molar-refractivity contribution is 7.94. The molecular weight excluding hydrogens is 304 g/mol. The highest BCUT2D eigenvalue weighted by Gasteiger charge is 2.62. The third-order valence-corrected chi connectivity index (χ3v) is 4.58. The second-order valence-electron chi connectivity index (χ2n) is 3.93. The topological polar surface area (TPSA) is 60.4 Å². The quantitative estimate of drug-likeness (QED) is 0.805. The molecule has 1 aromatic carbocycles. The third-order valence-electron chi connectivity index (χ3n) is 2.80. The van der Waals surface area contributed by atoms with Gasteiger partial charge in [0.15, 0.2) is 0 Å². The SMILES string of the molecule is CCOc1ccc2c(c1C(F)F)C(=O)C(F)(F)S2(=O)=O. The minimum Gasteiger partial charge on any atom is -0.493 e. The molecule has 0 N–H and O–H groups in total. The molecule has 2 rings (SSSR count). The standard InChI is InChI=1S/C11H8F4O4S/c1-2-19-5-3-4-6-8(7(5)10(12)13)9(16)11(14,15)20(6,17)18/h3-4,10H,2H2,1H3. The first kappa shape index (κ1) is 14.8. The summed E-state index contributed by atoms with van der Waals surface area (Å²) in [5.41, 5.74) is -2.30. The Hall–Kier alpha value is -1.64. The highest BCUT2D eigenvalue weighted by Crippen LogP contribution is 2.47. The van der Waals surface area contributed by atoms with E-state index in [1.54, 1.807) is 0 Å². The van der Waals surface area contributed by atoms with Gasteiger partial charge in [-0.15, -0.1) is 0 Å². The van der Waals surface area contributed by atoms with Crippen LogP contribution in [0.5, 0.6) is 5.75 Å². The molecule has 20 heavy (non-hydrogen) atoms. The Balaban J connectivity index is 2.85. The van der Waals surface area contributed by atoms with Gasteiger partial charge in [0.05, 0.1) is 22.6 Å². The first-order valence-corrected chi connectivity index (χ1v) is 6.89. The second kappa shape index (κ2) is 4.44. The van der Waals surface area contributed by atoms with Crippen molar-refractivity contribution >= 4 is 15.6 Å². The molecule has 9 heteroatoms. The van der Waals surface area contributed by atoms with Crippen LogP contribution in [0.1, 0.15) is 29.3 Å². The number of sulfone groups is 1. The van der Waals surface area contributed by atoms with E-state index in [4.69, 9.17) is 4.74 Å². The van der Waals surface area contributed by atoms with Gasteiger partial charge in [0.2, 0.25) is 5.78 Å². The van der Waals surface area contributed by atoms with Crippen molar-refractivity contribution in [3.05, 3.63) is 23.3 Å². The minimum absolute atomic E-state index is 0.0458. The summed E-state index contributed by atoms with van der Waals surface area (Å²) in [6.45, 7) is 1.42. The van der Waals surface area contributed by atoms with Gasteiger partial charge in [0.1, 0.15) is 5.75 Å². The van der Waals surface area contributed by atoms with Gasteiger partial charge >= 0.3 is 5.25 Å². The summed E-state index contributed by atoms with van der Waals surface area (Å²) >= 11 is 0. The Morgan fingerprint density at radius 3 is 2.40 bits per heavy atom. The molecule has 0 unspecified atom stereocenters. The van der Waals surface area contributed by atoms with Gasteiger partial charge in [0, 0.05) is 0 Å². The Bertz CT molecular complexity index is 682. The molecule has 1 heterocycles. The molecule has 0 aliphatic carbocycles. The van der Waals surface area contributed by atoms with E-state index in [0.717, 1.165) is 6.07 Å². The van der Waals surface area contributed by atoms with E-state index in [0.29, 0.717) is 6.07 Å². The van der Waals surface area contributed by atoms with E-state index in [-0.39, 0.29) is 6.61 Å². The fourth-order valence-electron chi connectivity index (χ4n) is 1.94. The van der Waals surface area contributed by atoms with Crippen molar-refractivity contribution in [1.29, 1.82) is 0 Å². The van der Waals surface area contributed by atoms with Crippen LogP contribution in [0.4, 0.5) is 17.6 Å². The average Bonchev–Trinajstić information content (AvgIpc) is 2.48. The van der Waals surface area contributed by atoms with Crippen molar-refractivity contribution < 1.29 is 35.5 Å². The van der Waals surface area contributed by atoms with Crippen LogP contribution in [-0.2, 0) is 9.84 Å². The number of ketones is 1. The fraction of sp³-hybridized carbons (Fsp3) is 0.364. The lowest BCUT2D eigenvalue weighted by atomic mass is 10.0. The maximum atomic E-state index is 13.4. The molecule has 1 aliphatic rings. The second-order valence-corrected chi connectivity index (χ2v) is 5.89. The highest BCUT2D eigenvalue weighted by atomic mass is 32.2. The monoisotopic (exact) mass is 312 g/mol. The lowest BCUT2D eigenvalue weighted by Gasteiger charge is -2.12. The van der Waals surface area contributed by atoms with E-state index < -0.39 is 49.1 Å². The number of carbonyl (C=O) groups is 1. The number of alkyl halides is 4. The van der Waals surface area contributed by atoms with Crippen molar-refractivity contribution in [2.45, 2.75) is 23.5 Å². The van der Waals surface area contributed by atoms with Crippen LogP contribution in [0.2, 0.25) is 0 Å². The number of fused-ring (bicyclic) bond motifs is 1. The normalized spacial score (nSPS) is 19.2. The Morgan fingerprint density at radius 1 is 1.30 bits per heavy atom. The molecule has 4 nitrogen and oxygen atoms in total. The smallest absolute Gasteiger partial charge is 0.411 e. The van der Waals surface area contributed by atoms with Gasteiger partial charge in [-0.25, -0.2) is 17.2 Å². The summed E-state index contributed by atoms with van der Waals surface area (Å²) in [4.78, 5) is 10.4. The predicted octanol–water partition coefficient (Wildman–Crippen LogP) is 2.59. The van der Waals surface area contributed by atoms with Gasteiger partial charge in [0.25, 0.3) is 16.3 Å². The zero-order valence-corrected chi connectivity index (χ0v) is 10.8. The summed E-state index contributed by atoms with van der Waals surface area (Å²) in [5, 5.41) is -4.73. The number of hydrogen-bond acceptors (Lipinski definition) is 4. The van der Waals surface area contributed by atoms with Gasteiger partial charge in [-0.2, -0.15) is 8.78 Å². The Kier molecular flexibility index (Phi) is 3.28. The van der Waals surface area contributed by atoms with Crippen LogP contribution >= 0.6 is 0 Å². The zero-order chi connectivity index (χ0) is 15.3. The van der Waals surface area contributed by atoms with E-state index in [9.17, 15) is 30.8 Å². The lowest BCUT2D eigenvalue weighted by molar-refractivity contribution is 0.0540. The number of ether oxygens (including phenoxy) is 1. The van der Waals surface area contributed by atoms with Crippen molar-refractivity contribution in [3.63, 3.8) is 0 Å². The lowest BCUT2D eigenvalue weighted by Crippen LogP contribution is -2.30. The summed E-state index contributed by atoms with van der Waals surface area (Å²) in [5.74, 6) is -2.63. The maximum Gasteiger partial charge on any atom is 0.411 e. The van der Waals surface area contributed by atoms with Crippen molar-refractivity contribution in [3.8, 4) is 5.75 Å². The van der Waals surface area contributed by atoms with E-state index in [2.05, 4.69) is 0 Å². The summed E-state index contributed by atoms with van der Waals surface area (Å²) in [7, 11) is -5.29. The summed E-state index contributed by atoms with van der Waals surface area (Å²) in [6, 6.07) is 1.52. The van der Waals surface area contributed by atoms with Crippen molar-refractivity contribution in [2.75, 3.05) is 6.61 Å². The number of benzene rings is 1. The number of halogens is 4. The molecule has 0 saturated heterocycles. The molecule has 0 saturated carbocycles. The van der Waals surface area contributed by atoms with Crippen LogP contribution in [0.25, 0.3) is 0 Å². The number of rotatable bonds is 3. The molecule has 1 aromatic rings. The van der Waals surface area contributed by atoms with Gasteiger partial charge < -0.3 is 4.74 Å². The molecule has 0 spiro atoms. The fourth-order valence-corrected chi connectivity index (χ4v) is 3.28. The average molecular weight is 312 g/mol. The van der Waals surface area contributed by atoms with Gasteiger partial charge in [-0.05, 0) is 19.1 Å². The molecular formula is C11H8F4O4S. The molecule has 0 bridgehead atoms. The molecule has 0 amide bonds. The predicted molar refractivity (Wildman–Crippen MR) is 59.0 cm³/mol. The zero-order valence-electron chi connectivity index (χ0n) is 9.99. The van der Waals surface area contributed by atoms with Crippen LogP contribution in [0.15, 0.2) is 17.0 Å². The van der Waals surface area contributed by atoms with Gasteiger partial charge in [-0.1, -0.05) is 0 Å². The van der Waals surface area contributed by atoms with Crippen molar-refractivity contribution in [1.82, 2.24) is 0 Å². The number of hydrogen-bond donors (Lipinski definition) is 0. The van der Waals surface area contributed by atoms with Crippen LogP contribution < -0.4 is 4.74 Å². The summed E-state index contributed by atoms with van der Waals surface area (Å²) in [6.07, 6.45) is -3.32. The maximum absolute atomic E-state index is 13.4. The molecule has 0 fully saturated rings.